The molecule has 0 aliphatic rings. The minimum atomic E-state index is -0.426. The average molecular weight is 442 g/mol. The topological polar surface area (TPSA) is 60.2 Å². The van der Waals surface area contributed by atoms with Crippen molar-refractivity contribution in [2.75, 3.05) is 20.2 Å². The molecule has 0 aliphatic heterocycles. The lowest BCUT2D eigenvalue weighted by Crippen LogP contribution is -2.29. The molecule has 0 radical (unpaired) electrons. The van der Waals surface area contributed by atoms with Gasteiger partial charge in [0.05, 0.1) is 12.2 Å². The van der Waals surface area contributed by atoms with Gasteiger partial charge in [0.25, 0.3) is 0 Å². The number of rotatable bonds is 8. The molecular weight excluding hydrogens is 419 g/mol. The van der Waals surface area contributed by atoms with Gasteiger partial charge >= 0.3 is 0 Å². The van der Waals surface area contributed by atoms with E-state index in [4.69, 9.17) is 9.84 Å². The molecule has 33 heavy (non-hydrogen) atoms. The molecule has 0 saturated heterocycles. The van der Waals surface area contributed by atoms with Crippen molar-refractivity contribution in [3.05, 3.63) is 103 Å². The van der Waals surface area contributed by atoms with Gasteiger partial charge in [-0.2, -0.15) is 5.10 Å². The van der Waals surface area contributed by atoms with E-state index < -0.39 is 5.82 Å². The Morgan fingerprint density at radius 2 is 1.88 bits per heavy atom. The van der Waals surface area contributed by atoms with Crippen molar-refractivity contribution in [2.24, 2.45) is 0 Å². The summed E-state index contributed by atoms with van der Waals surface area (Å²) in [6, 6.07) is 19.7. The molecule has 0 unspecified atom stereocenters. The monoisotopic (exact) mass is 442 g/mol. The highest BCUT2D eigenvalue weighted by Gasteiger charge is 2.12. The van der Waals surface area contributed by atoms with Gasteiger partial charge in [0.15, 0.2) is 11.6 Å². The first-order valence-corrected chi connectivity index (χ1v) is 10.5. The van der Waals surface area contributed by atoms with E-state index in [2.05, 4.69) is 4.98 Å². The molecule has 1 amide bonds. The Morgan fingerprint density at radius 1 is 1.09 bits per heavy atom. The standard InChI is InChI=1S/C26H23FN4O2/c1-30(16-17-33-24-12-6-5-11-23(24)27)25(32)14-13-21-19-31(22-9-3-2-4-10-22)29-26(21)20-8-7-15-28-18-20/h2-15,18-19H,16-17H2,1H3/b14-13+. The fourth-order valence-corrected chi connectivity index (χ4v) is 3.20. The van der Waals surface area contributed by atoms with Crippen LogP contribution in [0.25, 0.3) is 23.0 Å². The third-order valence-corrected chi connectivity index (χ3v) is 5.00. The van der Waals surface area contributed by atoms with Crippen LogP contribution in [0.2, 0.25) is 0 Å². The minimum Gasteiger partial charge on any atom is -0.489 e. The van der Waals surface area contributed by atoms with E-state index in [0.29, 0.717) is 6.54 Å². The largest absolute Gasteiger partial charge is 0.489 e. The average Bonchev–Trinajstić information content (AvgIpc) is 3.29. The number of aromatic nitrogens is 3. The number of benzene rings is 2. The van der Waals surface area contributed by atoms with E-state index in [9.17, 15) is 9.18 Å². The zero-order valence-electron chi connectivity index (χ0n) is 18.1. The highest BCUT2D eigenvalue weighted by molar-refractivity contribution is 5.92. The van der Waals surface area contributed by atoms with Gasteiger partial charge in [0, 0.05) is 42.8 Å². The van der Waals surface area contributed by atoms with E-state index in [1.54, 1.807) is 48.4 Å². The van der Waals surface area contributed by atoms with E-state index in [1.165, 1.54) is 17.0 Å². The Labute approximate surface area is 191 Å². The maximum Gasteiger partial charge on any atom is 0.246 e. The van der Waals surface area contributed by atoms with Crippen LogP contribution in [0.15, 0.2) is 91.4 Å². The first-order valence-electron chi connectivity index (χ1n) is 10.5. The smallest absolute Gasteiger partial charge is 0.246 e. The number of carbonyl (C=O) groups excluding carboxylic acids is 1. The molecule has 6 nitrogen and oxygen atoms in total. The Balaban J connectivity index is 1.47. The number of hydrogen-bond acceptors (Lipinski definition) is 4. The lowest BCUT2D eigenvalue weighted by atomic mass is 10.1. The molecule has 2 aromatic heterocycles. The summed E-state index contributed by atoms with van der Waals surface area (Å²) < 4.78 is 20.9. The van der Waals surface area contributed by atoms with Crippen LogP contribution in [-0.4, -0.2) is 45.8 Å². The van der Waals surface area contributed by atoms with E-state index >= 15 is 0 Å². The number of halogens is 1. The number of likely N-dealkylation sites (N-methyl/N-ethyl adjacent to an activating group) is 1. The van der Waals surface area contributed by atoms with Crippen LogP contribution in [-0.2, 0) is 4.79 Å². The van der Waals surface area contributed by atoms with Crippen molar-refractivity contribution in [2.45, 2.75) is 0 Å². The van der Waals surface area contributed by atoms with Gasteiger partial charge < -0.3 is 9.64 Å². The highest BCUT2D eigenvalue weighted by Crippen LogP contribution is 2.24. The number of nitrogens with zero attached hydrogens (tertiary/aromatic N) is 4. The first-order chi connectivity index (χ1) is 16.1. The predicted molar refractivity (Wildman–Crippen MR) is 125 cm³/mol. The van der Waals surface area contributed by atoms with Crippen LogP contribution in [0.4, 0.5) is 4.39 Å². The molecule has 0 aliphatic carbocycles. The SMILES string of the molecule is CN(CCOc1ccccc1F)C(=O)/C=C/c1cn(-c2ccccc2)nc1-c1cccnc1. The van der Waals surface area contributed by atoms with Gasteiger partial charge in [-0.1, -0.05) is 30.3 Å². The summed E-state index contributed by atoms with van der Waals surface area (Å²) in [5.41, 5.74) is 3.28. The molecule has 166 valence electrons. The maximum atomic E-state index is 13.7. The third-order valence-electron chi connectivity index (χ3n) is 5.00. The molecule has 7 heteroatoms. The maximum absolute atomic E-state index is 13.7. The molecule has 4 rings (SSSR count). The van der Waals surface area contributed by atoms with Crippen LogP contribution in [0.5, 0.6) is 5.75 Å². The fourth-order valence-electron chi connectivity index (χ4n) is 3.20. The molecule has 0 fully saturated rings. The van der Waals surface area contributed by atoms with Crippen LogP contribution >= 0.6 is 0 Å². The van der Waals surface area contributed by atoms with Crippen molar-refractivity contribution < 1.29 is 13.9 Å². The second kappa shape index (κ2) is 10.4. The molecule has 0 atom stereocenters. The van der Waals surface area contributed by atoms with Gasteiger partial charge in [0.1, 0.15) is 12.3 Å². The van der Waals surface area contributed by atoms with Gasteiger partial charge in [-0.25, -0.2) is 9.07 Å². The van der Waals surface area contributed by atoms with Gasteiger partial charge in [0.2, 0.25) is 5.91 Å². The van der Waals surface area contributed by atoms with Crippen molar-refractivity contribution in [1.29, 1.82) is 0 Å². The van der Waals surface area contributed by atoms with Crippen molar-refractivity contribution >= 4 is 12.0 Å². The summed E-state index contributed by atoms with van der Waals surface area (Å²) in [5, 5.41) is 4.71. The van der Waals surface area contributed by atoms with Crippen LogP contribution in [0, 0.1) is 5.82 Å². The summed E-state index contributed by atoms with van der Waals surface area (Å²) in [6.45, 7) is 0.500. The first kappa shape index (κ1) is 22.0. The molecule has 0 spiro atoms. The highest BCUT2D eigenvalue weighted by atomic mass is 19.1. The summed E-state index contributed by atoms with van der Waals surface area (Å²) >= 11 is 0. The summed E-state index contributed by atoms with van der Waals surface area (Å²) in [6.07, 6.45) is 8.56. The van der Waals surface area contributed by atoms with E-state index in [0.717, 1.165) is 22.5 Å². The minimum absolute atomic E-state index is 0.170. The van der Waals surface area contributed by atoms with Crippen molar-refractivity contribution in [3.63, 3.8) is 0 Å². The normalized spacial score (nSPS) is 11.0. The zero-order chi connectivity index (χ0) is 23.0. The molecule has 0 bridgehead atoms. The van der Waals surface area contributed by atoms with Crippen LogP contribution in [0.3, 0.4) is 0 Å². The molecular formula is C26H23FN4O2. The van der Waals surface area contributed by atoms with E-state index in [-0.39, 0.29) is 18.3 Å². The molecule has 0 saturated carbocycles. The second-order valence-electron chi connectivity index (χ2n) is 7.33. The summed E-state index contributed by atoms with van der Waals surface area (Å²) in [4.78, 5) is 18.3. The second-order valence-corrected chi connectivity index (χ2v) is 7.33. The van der Waals surface area contributed by atoms with Crippen molar-refractivity contribution in [3.8, 4) is 22.7 Å². The predicted octanol–water partition coefficient (Wildman–Crippen LogP) is 4.62. The number of pyridine rings is 1. The quantitative estimate of drug-likeness (QED) is 0.374. The number of hydrogen-bond donors (Lipinski definition) is 0. The Bertz CT molecular complexity index is 1240. The Kier molecular flexibility index (Phi) is 6.90. The summed E-state index contributed by atoms with van der Waals surface area (Å²) in [7, 11) is 1.67. The number of para-hydroxylation sites is 2. The van der Waals surface area contributed by atoms with Gasteiger partial charge in [-0.05, 0) is 42.5 Å². The molecule has 2 heterocycles. The van der Waals surface area contributed by atoms with Crippen LogP contribution < -0.4 is 4.74 Å². The van der Waals surface area contributed by atoms with Crippen LogP contribution in [0.1, 0.15) is 5.56 Å². The zero-order valence-corrected chi connectivity index (χ0v) is 18.1. The lowest BCUT2D eigenvalue weighted by molar-refractivity contribution is -0.125. The number of ether oxygens (including phenoxy) is 1. The van der Waals surface area contributed by atoms with Gasteiger partial charge in [-0.15, -0.1) is 0 Å². The fraction of sp³-hybridized carbons (Fsp3) is 0.115. The Hall–Kier alpha value is -4.26. The summed E-state index contributed by atoms with van der Waals surface area (Å²) in [5.74, 6) is -0.454. The molecule has 2 aromatic carbocycles. The van der Waals surface area contributed by atoms with Crippen molar-refractivity contribution in [1.82, 2.24) is 19.7 Å². The third kappa shape index (κ3) is 5.51. The number of amides is 1. The molecule has 0 N–H and O–H groups in total. The van der Waals surface area contributed by atoms with E-state index in [1.807, 2.05) is 48.7 Å². The van der Waals surface area contributed by atoms with Gasteiger partial charge in [-0.3, -0.25) is 9.78 Å². The lowest BCUT2D eigenvalue weighted by Gasteiger charge is -2.15. The Morgan fingerprint density at radius 3 is 2.64 bits per heavy atom. The number of carbonyl (C=O) groups is 1. The molecule has 4 aromatic rings.